The molecular weight excluding hydrogens is 312 g/mol. The molecule has 0 aliphatic carbocycles. The number of carbonyl (C=O) groups excluding carboxylic acids is 3. The van der Waals surface area contributed by atoms with Gasteiger partial charge in [0, 0.05) is 7.11 Å². The lowest BCUT2D eigenvalue weighted by Gasteiger charge is -2.22. The predicted molar refractivity (Wildman–Crippen MR) is 77.5 cm³/mol. The molecule has 134 valence electrons. The van der Waals surface area contributed by atoms with Crippen molar-refractivity contribution in [3.05, 3.63) is 0 Å². The zero-order valence-corrected chi connectivity index (χ0v) is 13.0. The molecule has 9 heteroatoms. The highest BCUT2D eigenvalue weighted by Crippen LogP contribution is 2.08. The van der Waals surface area contributed by atoms with Crippen LogP contribution in [0.4, 0.5) is 0 Å². The average Bonchev–Trinajstić information content (AvgIpc) is 2.44. The van der Waals surface area contributed by atoms with Crippen molar-refractivity contribution in [3.63, 3.8) is 0 Å². The van der Waals surface area contributed by atoms with Gasteiger partial charge in [0.25, 0.3) is 0 Å². The van der Waals surface area contributed by atoms with Crippen LogP contribution in [0.2, 0.25) is 0 Å². The molecule has 1 aliphatic rings. The third kappa shape index (κ3) is 8.15. The van der Waals surface area contributed by atoms with Gasteiger partial charge in [0.2, 0.25) is 0 Å². The molecule has 0 radical (unpaired) electrons. The quantitative estimate of drug-likeness (QED) is 0.578. The highest BCUT2D eigenvalue weighted by Gasteiger charge is 2.32. The molecule has 9 nitrogen and oxygen atoms in total. The Kier molecular flexibility index (Phi) is 10.6. The molecule has 0 spiro atoms. The first-order valence-electron chi connectivity index (χ1n) is 6.47. The molecular formula is C14H24O9. The lowest BCUT2D eigenvalue weighted by molar-refractivity contribution is -0.191. The third-order valence-corrected chi connectivity index (χ3v) is 2.58. The van der Waals surface area contributed by atoms with Crippen molar-refractivity contribution < 1.29 is 43.2 Å². The minimum Gasteiger partial charge on any atom is -0.479 e. The Hall–Kier alpha value is -2.16. The van der Waals surface area contributed by atoms with E-state index in [1.165, 1.54) is 34.8 Å². The first kappa shape index (κ1) is 23.1. The van der Waals surface area contributed by atoms with Crippen LogP contribution in [0.3, 0.4) is 0 Å². The van der Waals surface area contributed by atoms with E-state index in [2.05, 4.69) is 18.9 Å². The maximum absolute atomic E-state index is 10.9. The summed E-state index contributed by atoms with van der Waals surface area (Å²) in [7, 11) is 1.34. The third-order valence-electron chi connectivity index (χ3n) is 2.58. The molecule has 1 aliphatic heterocycles. The van der Waals surface area contributed by atoms with Crippen molar-refractivity contribution in [1.29, 1.82) is 0 Å². The molecule has 0 aromatic heterocycles. The van der Waals surface area contributed by atoms with Crippen molar-refractivity contribution in [1.82, 2.24) is 0 Å². The molecule has 1 rings (SSSR count). The van der Waals surface area contributed by atoms with Gasteiger partial charge in [-0.25, -0.2) is 19.2 Å². The smallest absolute Gasteiger partial charge is 0.347 e. The lowest BCUT2D eigenvalue weighted by Crippen LogP contribution is -2.40. The number of carboxylic acid groups (broad SMARTS) is 1. The maximum Gasteiger partial charge on any atom is 0.347 e. The number of aliphatic carboxylic acids is 1. The second kappa shape index (κ2) is 10.5. The van der Waals surface area contributed by atoms with Crippen LogP contribution < -0.4 is 0 Å². The van der Waals surface area contributed by atoms with E-state index in [1.807, 2.05) is 0 Å². The number of methoxy groups -OCH3 is 1. The normalized spacial score (nSPS) is 22.1. The standard InChI is InChI=1S/C7H12O5.C6H8O4.CH4/c1-4(6(8)9)12-7(10)5(2)11-3;1-3-5(7)10-4(2)6(8)9-3;/h4-5H,1-3H3,(H,8,9);3-4H,1-2H3;1H4. The summed E-state index contributed by atoms with van der Waals surface area (Å²) in [6.07, 6.45) is -3.35. The van der Waals surface area contributed by atoms with E-state index < -0.39 is 48.3 Å². The van der Waals surface area contributed by atoms with Gasteiger partial charge >= 0.3 is 23.9 Å². The summed E-state index contributed by atoms with van der Waals surface area (Å²) >= 11 is 0. The minimum atomic E-state index is -1.17. The van der Waals surface area contributed by atoms with E-state index in [1.54, 1.807) is 0 Å². The summed E-state index contributed by atoms with van der Waals surface area (Å²) in [5.74, 6) is -2.81. The molecule has 4 atom stereocenters. The van der Waals surface area contributed by atoms with Crippen LogP contribution in [0.15, 0.2) is 0 Å². The number of ether oxygens (including phenoxy) is 4. The molecule has 0 amide bonds. The summed E-state index contributed by atoms with van der Waals surface area (Å²) < 4.78 is 18.3. The fraction of sp³-hybridized carbons (Fsp3) is 0.714. The first-order valence-corrected chi connectivity index (χ1v) is 6.47. The monoisotopic (exact) mass is 336 g/mol. The summed E-state index contributed by atoms with van der Waals surface area (Å²) in [6.45, 7) is 5.72. The van der Waals surface area contributed by atoms with Gasteiger partial charge < -0.3 is 24.1 Å². The van der Waals surface area contributed by atoms with Crippen molar-refractivity contribution in [2.75, 3.05) is 7.11 Å². The molecule has 23 heavy (non-hydrogen) atoms. The topological polar surface area (TPSA) is 125 Å². The van der Waals surface area contributed by atoms with E-state index in [4.69, 9.17) is 5.11 Å². The first-order chi connectivity index (χ1) is 10.1. The zero-order chi connectivity index (χ0) is 17.4. The Morgan fingerprint density at radius 3 is 1.74 bits per heavy atom. The SMILES string of the molecule is C.CC1OC(=O)C(C)OC1=O.COC(C)C(=O)OC(C)C(=O)O. The molecule has 1 fully saturated rings. The number of esters is 3. The van der Waals surface area contributed by atoms with E-state index in [-0.39, 0.29) is 7.43 Å². The summed E-state index contributed by atoms with van der Waals surface area (Å²) in [5.41, 5.74) is 0. The second-order valence-electron chi connectivity index (χ2n) is 4.45. The van der Waals surface area contributed by atoms with Gasteiger partial charge in [-0.05, 0) is 27.7 Å². The molecule has 0 saturated carbocycles. The van der Waals surface area contributed by atoms with Crippen molar-refractivity contribution in [2.45, 2.75) is 59.5 Å². The van der Waals surface area contributed by atoms with Crippen LogP contribution in [-0.4, -0.2) is 60.5 Å². The zero-order valence-electron chi connectivity index (χ0n) is 13.0. The van der Waals surface area contributed by atoms with Crippen LogP contribution in [0.1, 0.15) is 35.1 Å². The van der Waals surface area contributed by atoms with E-state index in [0.717, 1.165) is 0 Å². The Balaban J connectivity index is 0. The van der Waals surface area contributed by atoms with E-state index >= 15 is 0 Å². The number of rotatable bonds is 4. The minimum absolute atomic E-state index is 0. The van der Waals surface area contributed by atoms with Crippen molar-refractivity contribution >= 4 is 23.9 Å². The second-order valence-corrected chi connectivity index (χ2v) is 4.45. The van der Waals surface area contributed by atoms with Crippen molar-refractivity contribution in [3.8, 4) is 0 Å². The largest absolute Gasteiger partial charge is 0.479 e. The highest BCUT2D eigenvalue weighted by molar-refractivity contribution is 5.86. The van der Waals surface area contributed by atoms with Crippen LogP contribution in [0.25, 0.3) is 0 Å². The summed E-state index contributed by atoms with van der Waals surface area (Å²) in [5, 5.41) is 8.37. The van der Waals surface area contributed by atoms with Gasteiger partial charge in [0.05, 0.1) is 0 Å². The van der Waals surface area contributed by atoms with Crippen LogP contribution in [0.5, 0.6) is 0 Å². The number of hydrogen-bond donors (Lipinski definition) is 1. The molecule has 0 aromatic carbocycles. The number of cyclic esters (lactones) is 2. The fourth-order valence-electron chi connectivity index (χ4n) is 1.05. The Labute approximate surface area is 134 Å². The van der Waals surface area contributed by atoms with Crippen LogP contribution >= 0.6 is 0 Å². The van der Waals surface area contributed by atoms with Crippen LogP contribution in [-0.2, 0) is 38.1 Å². The summed E-state index contributed by atoms with van der Waals surface area (Å²) in [4.78, 5) is 42.4. The van der Waals surface area contributed by atoms with Gasteiger partial charge in [-0.15, -0.1) is 0 Å². The molecule has 1 heterocycles. The Morgan fingerprint density at radius 1 is 1.04 bits per heavy atom. The number of carbonyl (C=O) groups is 4. The highest BCUT2D eigenvalue weighted by atomic mass is 16.6. The Bertz CT molecular complexity index is 412. The molecule has 1 N–H and O–H groups in total. The lowest BCUT2D eigenvalue weighted by atomic mass is 10.3. The van der Waals surface area contributed by atoms with Crippen molar-refractivity contribution in [2.24, 2.45) is 0 Å². The van der Waals surface area contributed by atoms with Gasteiger partial charge in [0.15, 0.2) is 24.4 Å². The predicted octanol–water partition coefficient (Wildman–Crippen LogP) is 0.537. The summed E-state index contributed by atoms with van der Waals surface area (Å²) in [6, 6.07) is 0. The van der Waals surface area contributed by atoms with E-state index in [0.29, 0.717) is 0 Å². The van der Waals surface area contributed by atoms with E-state index in [9.17, 15) is 19.2 Å². The molecule has 0 aromatic rings. The number of carboxylic acids is 1. The van der Waals surface area contributed by atoms with Gasteiger partial charge in [-0.3, -0.25) is 0 Å². The molecule has 4 unspecified atom stereocenters. The van der Waals surface area contributed by atoms with Gasteiger partial charge in [0.1, 0.15) is 0 Å². The fourth-order valence-corrected chi connectivity index (χ4v) is 1.05. The molecule has 0 bridgehead atoms. The van der Waals surface area contributed by atoms with Crippen LogP contribution in [0, 0.1) is 0 Å². The molecule has 1 saturated heterocycles. The Morgan fingerprint density at radius 2 is 1.43 bits per heavy atom. The van der Waals surface area contributed by atoms with Gasteiger partial charge in [-0.1, -0.05) is 7.43 Å². The number of hydrogen-bond acceptors (Lipinski definition) is 8. The van der Waals surface area contributed by atoms with Gasteiger partial charge in [-0.2, -0.15) is 0 Å². The maximum atomic E-state index is 10.9. The average molecular weight is 336 g/mol.